The predicted molar refractivity (Wildman–Crippen MR) is 58.3 cm³/mol. The van der Waals surface area contributed by atoms with Crippen LogP contribution in [0.4, 0.5) is 9.18 Å². The van der Waals surface area contributed by atoms with Crippen LogP contribution in [-0.2, 0) is 6.54 Å². The van der Waals surface area contributed by atoms with E-state index in [0.717, 1.165) is 0 Å². The Morgan fingerprint density at radius 1 is 1.50 bits per heavy atom. The van der Waals surface area contributed by atoms with Gasteiger partial charge in [-0.2, -0.15) is 0 Å². The first-order valence-electron chi connectivity index (χ1n) is 5.02. The number of amides is 2. The van der Waals surface area contributed by atoms with Gasteiger partial charge in [0, 0.05) is 12.1 Å². The molecule has 2 amide bonds. The Morgan fingerprint density at radius 2 is 2.19 bits per heavy atom. The molecule has 1 aromatic rings. The molecule has 0 heterocycles. The number of nitrogens with one attached hydrogen (secondary N) is 2. The van der Waals surface area contributed by atoms with E-state index in [1.165, 1.54) is 6.07 Å². The number of aliphatic hydroxyl groups excluding tert-OH is 1. The Balaban J connectivity index is 2.40. The summed E-state index contributed by atoms with van der Waals surface area (Å²) in [6, 6.07) is 5.49. The maximum atomic E-state index is 13.2. The molecule has 0 saturated carbocycles. The van der Waals surface area contributed by atoms with Crippen molar-refractivity contribution in [2.45, 2.75) is 19.5 Å². The Kier molecular flexibility index (Phi) is 4.72. The second kappa shape index (κ2) is 6.07. The van der Waals surface area contributed by atoms with Crippen LogP contribution in [0.3, 0.4) is 0 Å². The number of halogens is 1. The van der Waals surface area contributed by atoms with Crippen molar-refractivity contribution in [2.75, 3.05) is 6.61 Å². The lowest BCUT2D eigenvalue weighted by Crippen LogP contribution is -2.42. The summed E-state index contributed by atoms with van der Waals surface area (Å²) >= 11 is 0. The second-order valence-electron chi connectivity index (χ2n) is 3.50. The lowest BCUT2D eigenvalue weighted by molar-refractivity contribution is 0.220. The lowest BCUT2D eigenvalue weighted by Gasteiger charge is -2.12. The van der Waals surface area contributed by atoms with Crippen molar-refractivity contribution < 1.29 is 14.3 Å². The van der Waals surface area contributed by atoms with Gasteiger partial charge in [0.05, 0.1) is 12.6 Å². The molecule has 4 nitrogen and oxygen atoms in total. The van der Waals surface area contributed by atoms with Gasteiger partial charge in [0.2, 0.25) is 0 Å². The zero-order valence-corrected chi connectivity index (χ0v) is 9.03. The molecule has 16 heavy (non-hydrogen) atoms. The van der Waals surface area contributed by atoms with E-state index >= 15 is 0 Å². The number of hydrogen-bond donors (Lipinski definition) is 3. The van der Waals surface area contributed by atoms with Gasteiger partial charge in [-0.05, 0) is 13.0 Å². The van der Waals surface area contributed by atoms with Crippen LogP contribution in [0.5, 0.6) is 0 Å². The van der Waals surface area contributed by atoms with Gasteiger partial charge in [0.1, 0.15) is 5.82 Å². The monoisotopic (exact) mass is 226 g/mol. The fourth-order valence-electron chi connectivity index (χ4n) is 1.14. The van der Waals surface area contributed by atoms with Gasteiger partial charge in [-0.3, -0.25) is 0 Å². The van der Waals surface area contributed by atoms with Crippen molar-refractivity contribution in [1.29, 1.82) is 0 Å². The summed E-state index contributed by atoms with van der Waals surface area (Å²) in [4.78, 5) is 11.2. The van der Waals surface area contributed by atoms with Gasteiger partial charge in [-0.1, -0.05) is 18.2 Å². The minimum absolute atomic E-state index is 0.122. The van der Waals surface area contributed by atoms with E-state index in [-0.39, 0.29) is 25.0 Å². The minimum atomic E-state index is -0.426. The van der Waals surface area contributed by atoms with E-state index in [4.69, 9.17) is 5.11 Å². The van der Waals surface area contributed by atoms with E-state index in [1.54, 1.807) is 25.1 Å². The summed E-state index contributed by atoms with van der Waals surface area (Å²) in [7, 11) is 0. The number of carbonyl (C=O) groups excluding carboxylic acids is 1. The normalized spacial score (nSPS) is 11.9. The third kappa shape index (κ3) is 3.86. The fraction of sp³-hybridized carbons (Fsp3) is 0.364. The molecule has 5 heteroatoms. The molecule has 0 bridgehead atoms. The molecule has 0 aliphatic heterocycles. The Morgan fingerprint density at radius 3 is 2.81 bits per heavy atom. The maximum Gasteiger partial charge on any atom is 0.315 e. The van der Waals surface area contributed by atoms with E-state index in [9.17, 15) is 9.18 Å². The van der Waals surface area contributed by atoms with Crippen LogP contribution in [0.15, 0.2) is 24.3 Å². The number of benzene rings is 1. The van der Waals surface area contributed by atoms with E-state index in [2.05, 4.69) is 10.6 Å². The van der Waals surface area contributed by atoms with Gasteiger partial charge in [-0.15, -0.1) is 0 Å². The molecular weight excluding hydrogens is 211 g/mol. The first-order valence-corrected chi connectivity index (χ1v) is 5.02. The summed E-state index contributed by atoms with van der Waals surface area (Å²) in [5.74, 6) is -0.349. The highest BCUT2D eigenvalue weighted by atomic mass is 19.1. The van der Waals surface area contributed by atoms with Gasteiger partial charge < -0.3 is 15.7 Å². The van der Waals surface area contributed by atoms with Crippen LogP contribution in [0.2, 0.25) is 0 Å². The van der Waals surface area contributed by atoms with Crippen LogP contribution in [0, 0.1) is 5.82 Å². The average Bonchev–Trinajstić information content (AvgIpc) is 2.28. The molecule has 0 saturated heterocycles. The van der Waals surface area contributed by atoms with Gasteiger partial charge in [0.25, 0.3) is 0 Å². The van der Waals surface area contributed by atoms with Gasteiger partial charge in [-0.25, -0.2) is 9.18 Å². The summed E-state index contributed by atoms with van der Waals surface area (Å²) in [6.07, 6.45) is 0. The summed E-state index contributed by atoms with van der Waals surface area (Å²) in [5, 5.41) is 13.7. The highest BCUT2D eigenvalue weighted by Crippen LogP contribution is 2.05. The summed E-state index contributed by atoms with van der Waals surface area (Å²) in [5.41, 5.74) is 0.425. The SMILES string of the molecule is CC(CO)NC(=O)NCc1ccccc1F. The standard InChI is InChI=1S/C11H15FN2O2/c1-8(7-15)14-11(16)13-6-9-4-2-3-5-10(9)12/h2-5,8,15H,6-7H2,1H3,(H2,13,14,16). The van der Waals surface area contributed by atoms with Crippen LogP contribution in [0.1, 0.15) is 12.5 Å². The number of rotatable bonds is 4. The quantitative estimate of drug-likeness (QED) is 0.717. The fourth-order valence-corrected chi connectivity index (χ4v) is 1.14. The van der Waals surface area contributed by atoms with Crippen molar-refractivity contribution in [3.8, 4) is 0 Å². The summed E-state index contributed by atoms with van der Waals surface area (Å²) in [6.45, 7) is 1.66. The molecule has 0 aliphatic carbocycles. The Hall–Kier alpha value is -1.62. The Bertz CT molecular complexity index is 358. The van der Waals surface area contributed by atoms with Crippen LogP contribution in [0.25, 0.3) is 0 Å². The van der Waals surface area contributed by atoms with Crippen molar-refractivity contribution in [2.24, 2.45) is 0 Å². The largest absolute Gasteiger partial charge is 0.394 e. The first kappa shape index (κ1) is 12.4. The highest BCUT2D eigenvalue weighted by Gasteiger charge is 2.06. The zero-order valence-electron chi connectivity index (χ0n) is 9.03. The van der Waals surface area contributed by atoms with E-state index in [1.807, 2.05) is 0 Å². The molecule has 0 fully saturated rings. The molecule has 1 atom stereocenters. The number of urea groups is 1. The van der Waals surface area contributed by atoms with Crippen LogP contribution in [-0.4, -0.2) is 23.8 Å². The van der Waals surface area contributed by atoms with Crippen LogP contribution >= 0.6 is 0 Å². The minimum Gasteiger partial charge on any atom is -0.394 e. The lowest BCUT2D eigenvalue weighted by atomic mass is 10.2. The third-order valence-corrected chi connectivity index (χ3v) is 2.05. The topological polar surface area (TPSA) is 61.4 Å². The molecule has 1 rings (SSSR count). The molecule has 88 valence electrons. The molecule has 1 aromatic carbocycles. The van der Waals surface area contributed by atoms with Gasteiger partial charge in [0.15, 0.2) is 0 Å². The van der Waals surface area contributed by atoms with E-state index < -0.39 is 6.03 Å². The zero-order chi connectivity index (χ0) is 12.0. The molecule has 0 radical (unpaired) electrons. The third-order valence-electron chi connectivity index (χ3n) is 2.05. The average molecular weight is 226 g/mol. The number of hydrogen-bond acceptors (Lipinski definition) is 2. The summed E-state index contributed by atoms with van der Waals surface area (Å²) < 4.78 is 13.2. The second-order valence-corrected chi connectivity index (χ2v) is 3.50. The number of carbonyl (C=O) groups is 1. The molecule has 0 aliphatic rings. The molecule has 3 N–H and O–H groups in total. The predicted octanol–water partition coefficient (Wildman–Crippen LogP) is 1.01. The smallest absolute Gasteiger partial charge is 0.315 e. The van der Waals surface area contributed by atoms with Gasteiger partial charge >= 0.3 is 6.03 Å². The van der Waals surface area contributed by atoms with Crippen LogP contribution < -0.4 is 10.6 Å². The van der Waals surface area contributed by atoms with Crippen molar-refractivity contribution in [1.82, 2.24) is 10.6 Å². The van der Waals surface area contributed by atoms with Crippen molar-refractivity contribution in [3.63, 3.8) is 0 Å². The molecule has 0 aromatic heterocycles. The molecule has 1 unspecified atom stereocenters. The first-order chi connectivity index (χ1) is 7.63. The van der Waals surface area contributed by atoms with E-state index in [0.29, 0.717) is 5.56 Å². The van der Waals surface area contributed by atoms with Crippen molar-refractivity contribution in [3.05, 3.63) is 35.6 Å². The maximum absolute atomic E-state index is 13.2. The molecule has 0 spiro atoms. The Labute approximate surface area is 93.5 Å². The highest BCUT2D eigenvalue weighted by molar-refractivity contribution is 5.74. The number of aliphatic hydroxyl groups is 1. The van der Waals surface area contributed by atoms with Crippen molar-refractivity contribution >= 4 is 6.03 Å². The molecular formula is C11H15FN2O2.